The van der Waals surface area contributed by atoms with Crippen molar-refractivity contribution < 1.29 is 0 Å². The molecule has 16 heavy (non-hydrogen) atoms. The van der Waals surface area contributed by atoms with Crippen LogP contribution in [0.2, 0.25) is 5.02 Å². The largest absolute Gasteiger partial charge is 0.354 e. The van der Waals surface area contributed by atoms with Gasteiger partial charge in [-0.25, -0.2) is 9.97 Å². The Morgan fingerprint density at radius 2 is 2.19 bits per heavy atom. The molecule has 1 aromatic rings. The second-order valence-electron chi connectivity index (χ2n) is 3.82. The number of hydrogen-bond donors (Lipinski definition) is 2. The lowest BCUT2D eigenvalue weighted by atomic mass is 10.00. The van der Waals surface area contributed by atoms with Crippen LogP contribution in [0.4, 0.5) is 5.95 Å². The fourth-order valence-corrected chi connectivity index (χ4v) is 1.84. The number of hydrogen-bond acceptors (Lipinski definition) is 4. The van der Waals surface area contributed by atoms with Gasteiger partial charge in [-0.2, -0.15) is 0 Å². The van der Waals surface area contributed by atoms with Crippen molar-refractivity contribution in [3.63, 3.8) is 0 Å². The molecule has 0 amide bonds. The Kier molecular flexibility index (Phi) is 5.80. The Morgan fingerprint density at radius 1 is 1.44 bits per heavy atom. The van der Waals surface area contributed by atoms with Crippen LogP contribution in [0.25, 0.3) is 0 Å². The molecule has 6 heteroatoms. The molecule has 90 valence electrons. The lowest BCUT2D eigenvalue weighted by molar-refractivity contribution is 0.392. The number of piperidine rings is 1. The number of nitrogens with one attached hydrogen (secondary N) is 2. The van der Waals surface area contributed by atoms with Gasteiger partial charge in [-0.05, 0) is 31.8 Å². The zero-order valence-corrected chi connectivity index (χ0v) is 10.5. The van der Waals surface area contributed by atoms with E-state index in [0.717, 1.165) is 19.6 Å². The molecule has 1 saturated heterocycles. The molecule has 0 aliphatic carbocycles. The van der Waals surface area contributed by atoms with Crippen molar-refractivity contribution in [2.45, 2.75) is 12.8 Å². The highest BCUT2D eigenvalue weighted by molar-refractivity contribution is 6.30. The Balaban J connectivity index is 0.00000128. The quantitative estimate of drug-likeness (QED) is 0.875. The first-order chi connectivity index (χ1) is 7.34. The number of nitrogens with zero attached hydrogens (tertiary/aromatic N) is 2. The van der Waals surface area contributed by atoms with Crippen molar-refractivity contribution in [2.24, 2.45) is 5.92 Å². The molecule has 1 unspecified atom stereocenters. The molecule has 0 bridgehead atoms. The molecule has 1 fully saturated rings. The van der Waals surface area contributed by atoms with Gasteiger partial charge in [0.05, 0.1) is 17.4 Å². The first-order valence-corrected chi connectivity index (χ1v) is 5.64. The minimum absolute atomic E-state index is 0. The molecule has 2 rings (SSSR count). The van der Waals surface area contributed by atoms with Crippen molar-refractivity contribution in [1.29, 1.82) is 0 Å². The van der Waals surface area contributed by atoms with Crippen molar-refractivity contribution in [2.75, 3.05) is 25.0 Å². The number of rotatable bonds is 3. The van der Waals surface area contributed by atoms with Crippen LogP contribution in [0.15, 0.2) is 12.4 Å². The van der Waals surface area contributed by atoms with E-state index in [1.165, 1.54) is 12.8 Å². The van der Waals surface area contributed by atoms with E-state index in [9.17, 15) is 0 Å². The lowest BCUT2D eigenvalue weighted by Gasteiger charge is -2.22. The summed E-state index contributed by atoms with van der Waals surface area (Å²) in [4.78, 5) is 8.18. The minimum atomic E-state index is 0. The molecule has 0 saturated carbocycles. The summed E-state index contributed by atoms with van der Waals surface area (Å²) in [6.07, 6.45) is 5.74. The molecule has 1 aliphatic rings. The molecule has 1 aliphatic heterocycles. The molecule has 2 heterocycles. The minimum Gasteiger partial charge on any atom is -0.354 e. The summed E-state index contributed by atoms with van der Waals surface area (Å²) in [7, 11) is 0. The van der Waals surface area contributed by atoms with E-state index < -0.39 is 0 Å². The van der Waals surface area contributed by atoms with Gasteiger partial charge in [0, 0.05) is 6.54 Å². The van der Waals surface area contributed by atoms with Crippen LogP contribution in [-0.4, -0.2) is 29.6 Å². The predicted molar refractivity (Wildman–Crippen MR) is 68.4 cm³/mol. The summed E-state index contributed by atoms with van der Waals surface area (Å²) >= 11 is 5.70. The average Bonchev–Trinajstić information content (AvgIpc) is 2.30. The van der Waals surface area contributed by atoms with Crippen LogP contribution >= 0.6 is 24.0 Å². The highest BCUT2D eigenvalue weighted by Crippen LogP contribution is 2.11. The Bertz CT molecular complexity index is 298. The first-order valence-electron chi connectivity index (χ1n) is 5.27. The SMILES string of the molecule is Cl.Clc1cnc(NCC2CCCNC2)nc1. The molecule has 0 radical (unpaired) electrons. The van der Waals surface area contributed by atoms with Gasteiger partial charge in [-0.3, -0.25) is 0 Å². The molecular formula is C10H16Cl2N4. The van der Waals surface area contributed by atoms with Gasteiger partial charge in [0.2, 0.25) is 5.95 Å². The van der Waals surface area contributed by atoms with Crippen LogP contribution in [0.1, 0.15) is 12.8 Å². The third-order valence-electron chi connectivity index (χ3n) is 2.57. The standard InChI is InChI=1S/C10H15ClN4.ClH/c11-9-6-14-10(15-7-9)13-5-8-2-1-3-12-4-8;/h6-8,12H,1-5H2,(H,13,14,15);1H. The normalized spacial score (nSPS) is 19.9. The van der Waals surface area contributed by atoms with Gasteiger partial charge < -0.3 is 10.6 Å². The summed E-state index contributed by atoms with van der Waals surface area (Å²) in [6.45, 7) is 3.16. The lowest BCUT2D eigenvalue weighted by Crippen LogP contribution is -2.33. The molecule has 4 nitrogen and oxygen atoms in total. The summed E-state index contributed by atoms with van der Waals surface area (Å²) in [5.41, 5.74) is 0. The first kappa shape index (κ1) is 13.5. The summed E-state index contributed by atoms with van der Waals surface area (Å²) in [5.74, 6) is 1.34. The average molecular weight is 263 g/mol. The van der Waals surface area contributed by atoms with Gasteiger partial charge in [0.15, 0.2) is 0 Å². The summed E-state index contributed by atoms with van der Waals surface area (Å²) in [6, 6.07) is 0. The summed E-state index contributed by atoms with van der Waals surface area (Å²) < 4.78 is 0. The Hall–Kier alpha value is -0.580. The van der Waals surface area contributed by atoms with E-state index in [1.54, 1.807) is 12.4 Å². The van der Waals surface area contributed by atoms with Crippen molar-refractivity contribution in [3.8, 4) is 0 Å². The zero-order valence-electron chi connectivity index (χ0n) is 8.95. The van der Waals surface area contributed by atoms with Crippen molar-refractivity contribution in [3.05, 3.63) is 17.4 Å². The van der Waals surface area contributed by atoms with Crippen LogP contribution < -0.4 is 10.6 Å². The topological polar surface area (TPSA) is 49.8 Å². The second-order valence-corrected chi connectivity index (χ2v) is 4.25. The Morgan fingerprint density at radius 3 is 2.81 bits per heavy atom. The van der Waals surface area contributed by atoms with Crippen LogP contribution in [-0.2, 0) is 0 Å². The maximum absolute atomic E-state index is 5.70. The van der Waals surface area contributed by atoms with Crippen LogP contribution in [0.3, 0.4) is 0 Å². The smallest absolute Gasteiger partial charge is 0.222 e. The van der Waals surface area contributed by atoms with Gasteiger partial charge in [0.1, 0.15) is 0 Å². The van der Waals surface area contributed by atoms with E-state index >= 15 is 0 Å². The maximum Gasteiger partial charge on any atom is 0.222 e. The third-order valence-corrected chi connectivity index (χ3v) is 2.76. The highest BCUT2D eigenvalue weighted by atomic mass is 35.5. The molecular weight excluding hydrogens is 247 g/mol. The van der Waals surface area contributed by atoms with E-state index in [0.29, 0.717) is 16.9 Å². The monoisotopic (exact) mass is 262 g/mol. The molecule has 2 N–H and O–H groups in total. The van der Waals surface area contributed by atoms with Gasteiger partial charge in [-0.1, -0.05) is 11.6 Å². The maximum atomic E-state index is 5.70. The molecule has 0 aromatic carbocycles. The Labute approximate surface area is 107 Å². The summed E-state index contributed by atoms with van der Waals surface area (Å²) in [5, 5.41) is 7.17. The van der Waals surface area contributed by atoms with Crippen molar-refractivity contribution in [1.82, 2.24) is 15.3 Å². The molecule has 0 spiro atoms. The van der Waals surface area contributed by atoms with E-state index in [-0.39, 0.29) is 12.4 Å². The van der Waals surface area contributed by atoms with Gasteiger partial charge in [-0.15, -0.1) is 12.4 Å². The third kappa shape index (κ3) is 4.12. The highest BCUT2D eigenvalue weighted by Gasteiger charge is 2.12. The fraction of sp³-hybridized carbons (Fsp3) is 0.600. The fourth-order valence-electron chi connectivity index (χ4n) is 1.74. The van der Waals surface area contributed by atoms with Crippen LogP contribution in [0.5, 0.6) is 0 Å². The number of halogens is 2. The van der Waals surface area contributed by atoms with E-state index in [1.807, 2.05) is 0 Å². The number of aromatic nitrogens is 2. The molecule has 1 aromatic heterocycles. The predicted octanol–water partition coefficient (Wildman–Crippen LogP) is 1.96. The van der Waals surface area contributed by atoms with Crippen LogP contribution in [0, 0.1) is 5.92 Å². The van der Waals surface area contributed by atoms with E-state index in [4.69, 9.17) is 11.6 Å². The van der Waals surface area contributed by atoms with Gasteiger partial charge in [0.25, 0.3) is 0 Å². The zero-order chi connectivity index (χ0) is 10.5. The van der Waals surface area contributed by atoms with E-state index in [2.05, 4.69) is 20.6 Å². The number of anilines is 1. The van der Waals surface area contributed by atoms with Crippen molar-refractivity contribution >= 4 is 30.0 Å². The molecule has 1 atom stereocenters. The van der Waals surface area contributed by atoms with Gasteiger partial charge >= 0.3 is 0 Å². The second kappa shape index (κ2) is 6.89.